The molecule has 1 saturated carbocycles. The highest BCUT2D eigenvalue weighted by molar-refractivity contribution is 5.79. The Morgan fingerprint density at radius 1 is 1.00 bits per heavy atom. The summed E-state index contributed by atoms with van der Waals surface area (Å²) in [5, 5.41) is 11.6. The molecule has 2 amide bonds. The lowest BCUT2D eigenvalue weighted by Crippen LogP contribution is -2.37. The van der Waals surface area contributed by atoms with E-state index >= 15 is 0 Å². The second-order valence-electron chi connectivity index (χ2n) is 7.74. The average Bonchev–Trinajstić information content (AvgIpc) is 3.54. The molecule has 8 nitrogen and oxygen atoms in total. The number of ether oxygens (including phenoxy) is 1. The van der Waals surface area contributed by atoms with Gasteiger partial charge >= 0.3 is 12.1 Å². The molecule has 2 aromatic rings. The van der Waals surface area contributed by atoms with Crippen LogP contribution in [0.25, 0.3) is 11.1 Å². The number of nitrogens with one attached hydrogen (secondary N) is 2. The van der Waals surface area contributed by atoms with Crippen LogP contribution in [0.1, 0.15) is 36.3 Å². The number of carboxylic acid groups (broad SMARTS) is 1. The minimum atomic E-state index is -1.10. The van der Waals surface area contributed by atoms with Gasteiger partial charge in [0.1, 0.15) is 6.61 Å². The number of carboxylic acids is 1. The van der Waals surface area contributed by atoms with Crippen molar-refractivity contribution in [2.45, 2.75) is 31.3 Å². The van der Waals surface area contributed by atoms with Gasteiger partial charge in [-0.1, -0.05) is 48.5 Å². The maximum absolute atomic E-state index is 12.1. The fraction of sp³-hybridized carbons (Fsp3) is 0.348. The zero-order chi connectivity index (χ0) is 21.8. The first-order chi connectivity index (χ1) is 15.0. The SMILES string of the molecule is O=C(CCNC(=O)OCC1c2ccccc2-c2ccccc21)NOC(C(=O)O)C1CC1. The van der Waals surface area contributed by atoms with Crippen LogP contribution in [-0.4, -0.2) is 42.3 Å². The Hall–Kier alpha value is -3.39. The van der Waals surface area contributed by atoms with Gasteiger partial charge in [-0.3, -0.25) is 9.63 Å². The standard InChI is InChI=1S/C23H24N2O6/c26-20(25-31-21(22(27)28)14-9-10-14)11-12-24-23(29)30-13-19-17-7-3-1-5-15(17)16-6-2-4-8-18(16)19/h1-8,14,19,21H,9-13H2,(H,24,29)(H,25,26)(H,27,28). The van der Waals surface area contributed by atoms with Gasteiger partial charge in [-0.15, -0.1) is 0 Å². The number of rotatable bonds is 9. The lowest BCUT2D eigenvalue weighted by molar-refractivity contribution is -0.162. The first-order valence-electron chi connectivity index (χ1n) is 10.3. The number of hydroxylamine groups is 1. The summed E-state index contributed by atoms with van der Waals surface area (Å²) in [6.45, 7) is 0.240. The maximum atomic E-state index is 12.1. The normalized spacial score (nSPS) is 15.5. The van der Waals surface area contributed by atoms with Crippen LogP contribution < -0.4 is 10.8 Å². The molecule has 1 unspecified atom stereocenters. The molecule has 31 heavy (non-hydrogen) atoms. The Kier molecular flexibility index (Phi) is 6.18. The number of benzene rings is 2. The molecule has 3 N–H and O–H groups in total. The lowest BCUT2D eigenvalue weighted by atomic mass is 9.98. The average molecular weight is 424 g/mol. The van der Waals surface area contributed by atoms with E-state index in [0.29, 0.717) is 0 Å². The lowest BCUT2D eigenvalue weighted by Gasteiger charge is -2.15. The van der Waals surface area contributed by atoms with E-state index < -0.39 is 24.1 Å². The van der Waals surface area contributed by atoms with Gasteiger partial charge in [-0.05, 0) is 41.0 Å². The summed E-state index contributed by atoms with van der Waals surface area (Å²) in [6.07, 6.45) is -0.149. The molecule has 0 heterocycles. The Balaban J connectivity index is 1.21. The van der Waals surface area contributed by atoms with Crippen LogP contribution in [0.5, 0.6) is 0 Å². The van der Waals surface area contributed by atoms with Crippen LogP contribution in [0.15, 0.2) is 48.5 Å². The van der Waals surface area contributed by atoms with Crippen LogP contribution in [0.3, 0.4) is 0 Å². The van der Waals surface area contributed by atoms with Crippen LogP contribution in [0.2, 0.25) is 0 Å². The minimum absolute atomic E-state index is 0.0368. The van der Waals surface area contributed by atoms with Gasteiger partial charge in [-0.25, -0.2) is 15.1 Å². The molecule has 8 heteroatoms. The highest BCUT2D eigenvalue weighted by atomic mass is 16.7. The molecule has 0 aliphatic heterocycles. The second kappa shape index (κ2) is 9.18. The van der Waals surface area contributed by atoms with Crippen molar-refractivity contribution in [2.24, 2.45) is 5.92 Å². The summed E-state index contributed by atoms with van der Waals surface area (Å²) in [6, 6.07) is 16.1. The first-order valence-corrected chi connectivity index (χ1v) is 10.3. The van der Waals surface area contributed by atoms with Crippen LogP contribution in [0.4, 0.5) is 4.79 Å². The number of amides is 2. The maximum Gasteiger partial charge on any atom is 0.407 e. The van der Waals surface area contributed by atoms with Gasteiger partial charge in [0.15, 0.2) is 6.10 Å². The largest absolute Gasteiger partial charge is 0.479 e. The summed E-state index contributed by atoms with van der Waals surface area (Å²) in [5.41, 5.74) is 6.69. The van der Waals surface area contributed by atoms with Crippen molar-refractivity contribution in [3.05, 3.63) is 59.7 Å². The zero-order valence-electron chi connectivity index (χ0n) is 16.9. The van der Waals surface area contributed by atoms with Gasteiger partial charge in [0, 0.05) is 18.9 Å². The predicted octanol–water partition coefficient (Wildman–Crippen LogP) is 2.83. The van der Waals surface area contributed by atoms with E-state index in [9.17, 15) is 14.4 Å². The molecule has 2 aliphatic rings. The number of hydrogen-bond acceptors (Lipinski definition) is 5. The number of alkyl carbamates (subject to hydrolysis) is 1. The van der Waals surface area contributed by atoms with Crippen molar-refractivity contribution in [3.8, 4) is 11.1 Å². The summed E-state index contributed by atoms with van der Waals surface area (Å²) >= 11 is 0. The summed E-state index contributed by atoms with van der Waals surface area (Å²) in [7, 11) is 0. The quantitative estimate of drug-likeness (QED) is 0.534. The molecule has 2 aromatic carbocycles. The monoisotopic (exact) mass is 424 g/mol. The van der Waals surface area contributed by atoms with E-state index in [2.05, 4.69) is 22.9 Å². The van der Waals surface area contributed by atoms with E-state index in [1.54, 1.807) is 0 Å². The highest BCUT2D eigenvalue weighted by Gasteiger charge is 2.38. The summed E-state index contributed by atoms with van der Waals surface area (Å²) in [5.74, 6) is -1.70. The molecule has 0 spiro atoms. The molecular weight excluding hydrogens is 400 g/mol. The third-order valence-electron chi connectivity index (χ3n) is 5.56. The van der Waals surface area contributed by atoms with Crippen molar-refractivity contribution in [1.82, 2.24) is 10.8 Å². The molecule has 1 fully saturated rings. The Morgan fingerprint density at radius 2 is 1.61 bits per heavy atom. The topological polar surface area (TPSA) is 114 Å². The fourth-order valence-corrected chi connectivity index (χ4v) is 3.86. The third-order valence-corrected chi connectivity index (χ3v) is 5.56. The van der Waals surface area contributed by atoms with Crippen molar-refractivity contribution in [3.63, 3.8) is 0 Å². The molecule has 0 bridgehead atoms. The van der Waals surface area contributed by atoms with Crippen LogP contribution >= 0.6 is 0 Å². The Morgan fingerprint density at radius 3 is 2.19 bits per heavy atom. The predicted molar refractivity (Wildman–Crippen MR) is 111 cm³/mol. The van der Waals surface area contributed by atoms with Gasteiger partial charge in [-0.2, -0.15) is 0 Å². The second-order valence-corrected chi connectivity index (χ2v) is 7.74. The van der Waals surface area contributed by atoms with E-state index in [4.69, 9.17) is 14.7 Å². The van der Waals surface area contributed by atoms with Gasteiger partial charge in [0.2, 0.25) is 5.91 Å². The van der Waals surface area contributed by atoms with E-state index in [1.165, 1.54) is 0 Å². The molecular formula is C23H24N2O6. The van der Waals surface area contributed by atoms with Crippen LogP contribution in [-0.2, 0) is 19.2 Å². The number of hydrogen-bond donors (Lipinski definition) is 3. The van der Waals surface area contributed by atoms with Gasteiger partial charge in [0.05, 0.1) is 0 Å². The van der Waals surface area contributed by atoms with Crippen molar-refractivity contribution in [2.75, 3.05) is 13.2 Å². The number of carbonyl (C=O) groups excluding carboxylic acids is 2. The van der Waals surface area contributed by atoms with E-state index in [-0.39, 0.29) is 31.4 Å². The van der Waals surface area contributed by atoms with E-state index in [1.807, 2.05) is 36.4 Å². The molecule has 0 radical (unpaired) electrons. The Labute approximate surface area is 179 Å². The van der Waals surface area contributed by atoms with Crippen LogP contribution in [0, 0.1) is 5.92 Å². The summed E-state index contributed by atoms with van der Waals surface area (Å²) in [4.78, 5) is 40.0. The third kappa shape index (κ3) is 4.86. The fourth-order valence-electron chi connectivity index (χ4n) is 3.86. The van der Waals surface area contributed by atoms with Crippen molar-refractivity contribution >= 4 is 18.0 Å². The van der Waals surface area contributed by atoms with Gasteiger partial charge < -0.3 is 15.2 Å². The minimum Gasteiger partial charge on any atom is -0.479 e. The smallest absolute Gasteiger partial charge is 0.407 e. The van der Waals surface area contributed by atoms with Gasteiger partial charge in [0.25, 0.3) is 0 Å². The number of aliphatic carboxylic acids is 1. The molecule has 2 aliphatic carbocycles. The Bertz CT molecular complexity index is 942. The highest BCUT2D eigenvalue weighted by Crippen LogP contribution is 2.44. The molecule has 162 valence electrons. The van der Waals surface area contributed by atoms with E-state index in [0.717, 1.165) is 35.1 Å². The molecule has 1 atom stereocenters. The number of fused-ring (bicyclic) bond motifs is 3. The van der Waals surface area contributed by atoms with Crippen molar-refractivity contribution < 1.29 is 29.1 Å². The number of carbonyl (C=O) groups is 3. The summed E-state index contributed by atoms with van der Waals surface area (Å²) < 4.78 is 5.40. The molecule has 4 rings (SSSR count). The van der Waals surface area contributed by atoms with Crippen molar-refractivity contribution in [1.29, 1.82) is 0 Å². The molecule has 0 aromatic heterocycles. The first kappa shape index (κ1) is 20.9. The zero-order valence-corrected chi connectivity index (χ0v) is 16.9. The molecule has 0 saturated heterocycles.